The molecule has 2 nitrogen and oxygen atoms in total. The van der Waals surface area contributed by atoms with E-state index in [1.807, 2.05) is 18.2 Å². The molecule has 0 aromatic heterocycles. The van der Waals surface area contributed by atoms with Crippen molar-refractivity contribution in [3.05, 3.63) is 29.8 Å². The quantitative estimate of drug-likeness (QED) is 0.176. The molecule has 0 aliphatic carbocycles. The standard InChI is InChI=1S/C12H26S.C9H12O2/c1-2-3-4-5-6-7-8-9-10-11-12-13;1-7(2)8-4-3-5-9(6-8)11-10/h13H,2-12H2,1H3;3-7,10H,1-2H3. The zero-order valence-electron chi connectivity index (χ0n) is 16.0. The molecule has 140 valence electrons. The van der Waals surface area contributed by atoms with Crippen LogP contribution in [-0.2, 0) is 0 Å². The lowest BCUT2D eigenvalue weighted by Gasteiger charge is -2.05. The van der Waals surface area contributed by atoms with Gasteiger partial charge in [0.2, 0.25) is 0 Å². The molecule has 3 heteroatoms. The predicted molar refractivity (Wildman–Crippen MR) is 109 cm³/mol. The van der Waals surface area contributed by atoms with E-state index in [9.17, 15) is 0 Å². The van der Waals surface area contributed by atoms with Crippen molar-refractivity contribution in [2.24, 2.45) is 0 Å². The van der Waals surface area contributed by atoms with Crippen molar-refractivity contribution in [3.8, 4) is 5.75 Å². The molecular formula is C21H38O2S. The fourth-order valence-corrected chi connectivity index (χ4v) is 2.75. The fraction of sp³-hybridized carbons (Fsp3) is 0.714. The molecule has 0 saturated heterocycles. The van der Waals surface area contributed by atoms with Gasteiger partial charge in [-0.25, -0.2) is 5.26 Å². The number of unbranched alkanes of at least 4 members (excludes halogenated alkanes) is 9. The van der Waals surface area contributed by atoms with E-state index in [0.717, 1.165) is 11.3 Å². The second-order valence-electron chi connectivity index (χ2n) is 6.72. The summed E-state index contributed by atoms with van der Waals surface area (Å²) >= 11 is 4.20. The molecule has 0 fully saturated rings. The first kappa shape index (κ1) is 23.3. The van der Waals surface area contributed by atoms with Gasteiger partial charge in [-0.1, -0.05) is 90.7 Å². The van der Waals surface area contributed by atoms with E-state index >= 15 is 0 Å². The number of hydrogen-bond donors (Lipinski definition) is 2. The van der Waals surface area contributed by atoms with E-state index in [0.29, 0.717) is 11.7 Å². The van der Waals surface area contributed by atoms with Crippen LogP contribution >= 0.6 is 12.6 Å². The summed E-state index contributed by atoms with van der Waals surface area (Å²) in [5, 5.41) is 8.34. The van der Waals surface area contributed by atoms with Gasteiger partial charge in [-0.2, -0.15) is 12.6 Å². The summed E-state index contributed by atoms with van der Waals surface area (Å²) in [6.07, 6.45) is 14.2. The number of benzene rings is 1. The van der Waals surface area contributed by atoms with Crippen LogP contribution in [0.5, 0.6) is 5.75 Å². The highest BCUT2D eigenvalue weighted by Gasteiger charge is 1.99. The molecule has 1 N–H and O–H groups in total. The van der Waals surface area contributed by atoms with Gasteiger partial charge in [-0.15, -0.1) is 0 Å². The van der Waals surface area contributed by atoms with Crippen molar-refractivity contribution in [1.29, 1.82) is 0 Å². The average molecular weight is 355 g/mol. The largest absolute Gasteiger partial charge is 0.340 e. The van der Waals surface area contributed by atoms with Crippen LogP contribution < -0.4 is 4.89 Å². The van der Waals surface area contributed by atoms with Crippen molar-refractivity contribution < 1.29 is 10.1 Å². The minimum atomic E-state index is 0.463. The van der Waals surface area contributed by atoms with Crippen molar-refractivity contribution in [3.63, 3.8) is 0 Å². The summed E-state index contributed by atoms with van der Waals surface area (Å²) < 4.78 is 0. The topological polar surface area (TPSA) is 29.5 Å². The third kappa shape index (κ3) is 13.7. The first-order valence-electron chi connectivity index (χ1n) is 9.67. The van der Waals surface area contributed by atoms with Crippen LogP contribution in [0.4, 0.5) is 0 Å². The first-order valence-corrected chi connectivity index (χ1v) is 10.3. The Morgan fingerprint density at radius 1 is 0.917 bits per heavy atom. The molecule has 0 bridgehead atoms. The van der Waals surface area contributed by atoms with Gasteiger partial charge in [-0.05, 0) is 35.8 Å². The van der Waals surface area contributed by atoms with Gasteiger partial charge < -0.3 is 4.89 Å². The van der Waals surface area contributed by atoms with Gasteiger partial charge in [-0.3, -0.25) is 0 Å². The molecule has 0 spiro atoms. The average Bonchev–Trinajstić information content (AvgIpc) is 2.61. The molecule has 0 atom stereocenters. The number of rotatable bonds is 12. The Labute approximate surface area is 155 Å². The van der Waals surface area contributed by atoms with Gasteiger partial charge in [0.25, 0.3) is 0 Å². The maximum atomic E-state index is 8.34. The SMILES string of the molecule is CC(C)c1cccc(OO)c1.CCCCCCCCCCCCS. The van der Waals surface area contributed by atoms with E-state index in [1.165, 1.54) is 64.2 Å². The van der Waals surface area contributed by atoms with Gasteiger partial charge in [0.1, 0.15) is 0 Å². The minimum Gasteiger partial charge on any atom is -0.340 e. The van der Waals surface area contributed by atoms with E-state index < -0.39 is 0 Å². The summed E-state index contributed by atoms with van der Waals surface area (Å²) in [6, 6.07) is 7.41. The van der Waals surface area contributed by atoms with E-state index in [1.54, 1.807) is 6.07 Å². The fourth-order valence-electron chi connectivity index (χ4n) is 2.53. The highest BCUT2D eigenvalue weighted by atomic mass is 32.1. The first-order chi connectivity index (χ1) is 11.7. The highest BCUT2D eigenvalue weighted by Crippen LogP contribution is 2.19. The number of hydrogen-bond acceptors (Lipinski definition) is 3. The molecule has 1 rings (SSSR count). The van der Waals surface area contributed by atoms with Crippen LogP contribution in [0, 0.1) is 0 Å². The van der Waals surface area contributed by atoms with Crippen LogP contribution in [-0.4, -0.2) is 11.0 Å². The lowest BCUT2D eigenvalue weighted by molar-refractivity contribution is -0.137. The Balaban J connectivity index is 0.000000446. The van der Waals surface area contributed by atoms with Crippen LogP contribution in [0.2, 0.25) is 0 Å². The second-order valence-corrected chi connectivity index (χ2v) is 7.17. The van der Waals surface area contributed by atoms with E-state index in [2.05, 4.69) is 38.3 Å². The van der Waals surface area contributed by atoms with Crippen molar-refractivity contribution in [2.45, 2.75) is 90.9 Å². The van der Waals surface area contributed by atoms with Crippen molar-refractivity contribution in [1.82, 2.24) is 0 Å². The van der Waals surface area contributed by atoms with Gasteiger partial charge in [0.05, 0.1) is 0 Å². The summed E-state index contributed by atoms with van der Waals surface area (Å²) in [4.78, 5) is 4.10. The lowest BCUT2D eigenvalue weighted by atomic mass is 10.0. The van der Waals surface area contributed by atoms with E-state index in [4.69, 9.17) is 5.26 Å². The molecular weight excluding hydrogens is 316 g/mol. The van der Waals surface area contributed by atoms with Gasteiger partial charge in [0.15, 0.2) is 5.75 Å². The molecule has 1 aromatic carbocycles. The summed E-state index contributed by atoms with van der Waals surface area (Å²) in [5.74, 6) is 2.03. The normalized spacial score (nSPS) is 10.4. The maximum Gasteiger partial charge on any atom is 0.165 e. The highest BCUT2D eigenvalue weighted by molar-refractivity contribution is 7.80. The zero-order valence-corrected chi connectivity index (χ0v) is 16.9. The molecule has 0 aliphatic rings. The van der Waals surface area contributed by atoms with Crippen LogP contribution in [0.25, 0.3) is 0 Å². The van der Waals surface area contributed by atoms with Crippen LogP contribution in [0.15, 0.2) is 24.3 Å². The Morgan fingerprint density at radius 3 is 1.92 bits per heavy atom. The third-order valence-corrected chi connectivity index (χ3v) is 4.46. The maximum absolute atomic E-state index is 8.34. The van der Waals surface area contributed by atoms with Crippen molar-refractivity contribution in [2.75, 3.05) is 5.75 Å². The lowest BCUT2D eigenvalue weighted by Crippen LogP contribution is -1.89. The monoisotopic (exact) mass is 354 g/mol. The molecule has 24 heavy (non-hydrogen) atoms. The van der Waals surface area contributed by atoms with Crippen LogP contribution in [0.1, 0.15) is 96.5 Å². The molecule has 0 aliphatic heterocycles. The number of thiol groups is 1. The molecule has 0 heterocycles. The van der Waals surface area contributed by atoms with Gasteiger partial charge in [0, 0.05) is 0 Å². The zero-order chi connectivity index (χ0) is 18.0. The summed E-state index contributed by atoms with van der Waals surface area (Å²) in [6.45, 7) is 6.46. The van der Waals surface area contributed by atoms with E-state index in [-0.39, 0.29) is 0 Å². The molecule has 0 unspecified atom stereocenters. The van der Waals surface area contributed by atoms with Crippen LogP contribution in [0.3, 0.4) is 0 Å². The Kier molecular flexibility index (Phi) is 16.7. The Morgan fingerprint density at radius 2 is 1.46 bits per heavy atom. The third-order valence-electron chi connectivity index (χ3n) is 4.14. The smallest absolute Gasteiger partial charge is 0.165 e. The molecule has 0 amide bonds. The summed E-state index contributed by atoms with van der Waals surface area (Å²) in [7, 11) is 0. The minimum absolute atomic E-state index is 0.463. The summed E-state index contributed by atoms with van der Waals surface area (Å²) in [5.41, 5.74) is 1.16. The van der Waals surface area contributed by atoms with Crippen molar-refractivity contribution >= 4 is 12.6 Å². The Bertz CT molecular complexity index is 370. The molecule has 0 saturated carbocycles. The molecule has 1 aromatic rings. The molecule has 0 radical (unpaired) electrons. The second kappa shape index (κ2) is 17.2. The van der Waals surface area contributed by atoms with Gasteiger partial charge >= 0.3 is 0 Å². The predicted octanol–water partition coefficient (Wildman–Crippen LogP) is 7.50. The Hall–Kier alpha value is -0.670.